The van der Waals surface area contributed by atoms with Crippen molar-refractivity contribution in [3.05, 3.63) is 106 Å². The maximum atomic E-state index is 13.6. The largest absolute Gasteiger partial charge is 0.496 e. The van der Waals surface area contributed by atoms with E-state index in [1.54, 1.807) is 71.3 Å². The lowest BCUT2D eigenvalue weighted by molar-refractivity contribution is 0.0966. The van der Waals surface area contributed by atoms with Gasteiger partial charge in [0.1, 0.15) is 11.4 Å². The molecule has 2 aromatic carbocycles. The molecule has 0 saturated heterocycles. The maximum absolute atomic E-state index is 13.6. The first-order valence-electron chi connectivity index (χ1n) is 9.12. The van der Waals surface area contributed by atoms with Gasteiger partial charge < -0.3 is 9.14 Å². The van der Waals surface area contributed by atoms with Crippen LogP contribution in [0.1, 0.15) is 47.9 Å². The second kappa shape index (κ2) is 6.27. The second-order valence-electron chi connectivity index (χ2n) is 6.82. The van der Waals surface area contributed by atoms with Crippen LogP contribution in [0.25, 0.3) is 5.52 Å². The Balaban J connectivity index is 1.87. The highest BCUT2D eigenvalue weighted by atomic mass is 16.5. The number of pyridine rings is 1. The number of nitrogens with zero attached hydrogens (tertiary/aromatic N) is 1. The van der Waals surface area contributed by atoms with Gasteiger partial charge in [0.2, 0.25) is 11.6 Å². The molecular weight excluding hydrogens is 366 g/mol. The van der Waals surface area contributed by atoms with Crippen molar-refractivity contribution in [1.29, 1.82) is 0 Å². The first-order chi connectivity index (χ1) is 14.1. The van der Waals surface area contributed by atoms with Crippen LogP contribution in [-0.2, 0) is 0 Å². The van der Waals surface area contributed by atoms with Crippen molar-refractivity contribution in [3.8, 4) is 5.75 Å². The Morgan fingerprint density at radius 2 is 1.62 bits per heavy atom. The summed E-state index contributed by atoms with van der Waals surface area (Å²) in [6.07, 6.45) is 1.72. The zero-order valence-electron chi connectivity index (χ0n) is 15.5. The fourth-order valence-electron chi connectivity index (χ4n) is 3.94. The fraction of sp³-hybridized carbons (Fsp3) is 0.0417. The minimum Gasteiger partial charge on any atom is -0.496 e. The molecule has 140 valence electrons. The highest BCUT2D eigenvalue weighted by Crippen LogP contribution is 2.36. The number of hydrogen-bond donors (Lipinski definition) is 0. The minimum atomic E-state index is -0.387. The molecule has 2 aromatic heterocycles. The third kappa shape index (κ3) is 2.37. The number of rotatable bonds is 3. The van der Waals surface area contributed by atoms with E-state index in [2.05, 4.69) is 0 Å². The molecule has 29 heavy (non-hydrogen) atoms. The van der Waals surface area contributed by atoms with Crippen molar-refractivity contribution >= 4 is 22.9 Å². The molecule has 0 N–H and O–H groups in total. The van der Waals surface area contributed by atoms with Gasteiger partial charge in [0.05, 0.1) is 18.2 Å². The van der Waals surface area contributed by atoms with Crippen LogP contribution in [-0.4, -0.2) is 28.9 Å². The lowest BCUT2D eigenvalue weighted by Crippen LogP contribution is -2.26. The lowest BCUT2D eigenvalue weighted by Gasteiger charge is -2.22. The SMILES string of the molecule is COc1cccc2c1C(=O)c1c(cc3cccn3c1C(=O)c1ccccc1)C2=O. The Bertz CT molecular complexity index is 1330. The normalized spacial score (nSPS) is 12.6. The molecule has 0 fully saturated rings. The van der Waals surface area contributed by atoms with Crippen molar-refractivity contribution in [3.63, 3.8) is 0 Å². The van der Waals surface area contributed by atoms with E-state index >= 15 is 0 Å². The molecule has 1 aliphatic rings. The molecular formula is C24H15NO4. The number of methoxy groups -OCH3 is 1. The van der Waals surface area contributed by atoms with Crippen molar-refractivity contribution in [2.45, 2.75) is 0 Å². The van der Waals surface area contributed by atoms with Crippen LogP contribution >= 0.6 is 0 Å². The smallest absolute Gasteiger partial charge is 0.210 e. The summed E-state index contributed by atoms with van der Waals surface area (Å²) in [6, 6.07) is 18.9. The van der Waals surface area contributed by atoms with Crippen LogP contribution in [0.2, 0.25) is 0 Å². The predicted octanol–water partition coefficient (Wildman–Crippen LogP) is 3.95. The summed E-state index contributed by atoms with van der Waals surface area (Å²) >= 11 is 0. The molecule has 0 radical (unpaired) electrons. The van der Waals surface area contributed by atoms with E-state index in [0.717, 1.165) is 0 Å². The average Bonchev–Trinajstić information content (AvgIpc) is 3.24. The van der Waals surface area contributed by atoms with E-state index in [9.17, 15) is 14.4 Å². The molecule has 0 spiro atoms. The van der Waals surface area contributed by atoms with Gasteiger partial charge in [0, 0.05) is 28.4 Å². The lowest BCUT2D eigenvalue weighted by atomic mass is 9.81. The van der Waals surface area contributed by atoms with E-state index in [1.807, 2.05) is 6.07 Å². The van der Waals surface area contributed by atoms with Crippen LogP contribution in [0, 0.1) is 0 Å². The zero-order chi connectivity index (χ0) is 20.1. The van der Waals surface area contributed by atoms with Gasteiger partial charge in [0.25, 0.3) is 0 Å². The van der Waals surface area contributed by atoms with Gasteiger partial charge in [-0.15, -0.1) is 0 Å². The molecule has 5 heteroatoms. The number of benzene rings is 2. The second-order valence-corrected chi connectivity index (χ2v) is 6.82. The van der Waals surface area contributed by atoms with Crippen LogP contribution in [0.4, 0.5) is 0 Å². The predicted molar refractivity (Wildman–Crippen MR) is 107 cm³/mol. The summed E-state index contributed by atoms with van der Waals surface area (Å²) in [4.78, 5) is 40.3. The molecule has 5 nitrogen and oxygen atoms in total. The zero-order valence-corrected chi connectivity index (χ0v) is 15.5. The molecule has 0 amide bonds. The molecule has 0 bridgehead atoms. The van der Waals surface area contributed by atoms with E-state index in [0.29, 0.717) is 16.8 Å². The Hall–Kier alpha value is -3.99. The molecule has 0 saturated carbocycles. The number of aromatic nitrogens is 1. The molecule has 0 atom stereocenters. The van der Waals surface area contributed by atoms with Crippen LogP contribution in [0.5, 0.6) is 5.75 Å². The number of hydrogen-bond acceptors (Lipinski definition) is 4. The standard InChI is InChI=1S/C24H15NO4/c1-29-18-11-5-10-16-19(18)24(28)20-17(23(16)27)13-15-9-6-12-25(15)21(20)22(26)14-7-3-2-4-8-14/h2-13H,1H3. The molecule has 1 aliphatic carbocycles. The number of fused-ring (bicyclic) bond motifs is 3. The first-order valence-corrected chi connectivity index (χ1v) is 9.12. The summed E-state index contributed by atoms with van der Waals surface area (Å²) in [5.41, 5.74) is 2.14. The Morgan fingerprint density at radius 3 is 2.38 bits per heavy atom. The monoisotopic (exact) mass is 381 g/mol. The van der Waals surface area contributed by atoms with Crippen LogP contribution < -0.4 is 4.74 Å². The summed E-state index contributed by atoms with van der Waals surface area (Å²) in [7, 11) is 1.45. The summed E-state index contributed by atoms with van der Waals surface area (Å²) < 4.78 is 7.01. The Kier molecular flexibility index (Phi) is 3.71. The van der Waals surface area contributed by atoms with Crippen molar-refractivity contribution in [2.24, 2.45) is 0 Å². The van der Waals surface area contributed by atoms with Crippen molar-refractivity contribution in [2.75, 3.05) is 7.11 Å². The minimum absolute atomic E-state index is 0.115. The van der Waals surface area contributed by atoms with Gasteiger partial charge in [-0.05, 0) is 24.3 Å². The third-order valence-corrected chi connectivity index (χ3v) is 5.26. The summed E-state index contributed by atoms with van der Waals surface area (Å²) in [5, 5.41) is 0. The first kappa shape index (κ1) is 17.1. The highest BCUT2D eigenvalue weighted by Gasteiger charge is 2.37. The van der Waals surface area contributed by atoms with Gasteiger partial charge >= 0.3 is 0 Å². The average molecular weight is 381 g/mol. The van der Waals surface area contributed by atoms with E-state index < -0.39 is 0 Å². The van der Waals surface area contributed by atoms with Gasteiger partial charge in [-0.2, -0.15) is 0 Å². The maximum Gasteiger partial charge on any atom is 0.210 e. The van der Waals surface area contributed by atoms with Crippen molar-refractivity contribution in [1.82, 2.24) is 4.40 Å². The number of ketones is 3. The van der Waals surface area contributed by atoms with Gasteiger partial charge in [-0.1, -0.05) is 42.5 Å². The fourth-order valence-corrected chi connectivity index (χ4v) is 3.94. The number of ether oxygens (including phenoxy) is 1. The van der Waals surface area contributed by atoms with Crippen LogP contribution in [0.3, 0.4) is 0 Å². The molecule has 0 aliphatic heterocycles. The molecule has 4 aromatic rings. The van der Waals surface area contributed by atoms with E-state index in [4.69, 9.17) is 4.74 Å². The molecule has 0 unspecified atom stereocenters. The number of carbonyl (C=O) groups is 3. The van der Waals surface area contributed by atoms with Crippen molar-refractivity contribution < 1.29 is 19.1 Å². The molecule has 5 rings (SSSR count). The van der Waals surface area contributed by atoms with Gasteiger partial charge in [-0.25, -0.2) is 0 Å². The summed E-state index contributed by atoms with van der Waals surface area (Å²) in [5.74, 6) is -0.679. The van der Waals surface area contributed by atoms with Gasteiger partial charge in [0.15, 0.2) is 5.78 Å². The van der Waals surface area contributed by atoms with Crippen LogP contribution in [0.15, 0.2) is 72.9 Å². The third-order valence-electron chi connectivity index (χ3n) is 5.26. The quantitative estimate of drug-likeness (QED) is 0.444. The van der Waals surface area contributed by atoms with Gasteiger partial charge in [-0.3, -0.25) is 14.4 Å². The Morgan fingerprint density at radius 1 is 0.828 bits per heavy atom. The highest BCUT2D eigenvalue weighted by molar-refractivity contribution is 6.32. The van der Waals surface area contributed by atoms with E-state index in [-0.39, 0.29) is 45.3 Å². The van der Waals surface area contributed by atoms with E-state index in [1.165, 1.54) is 7.11 Å². The Labute approximate surface area is 166 Å². The molecule has 2 heterocycles. The topological polar surface area (TPSA) is 64.8 Å². The number of carbonyl (C=O) groups excluding carboxylic acids is 3. The summed E-state index contributed by atoms with van der Waals surface area (Å²) in [6.45, 7) is 0.